The molecule has 21 heavy (non-hydrogen) atoms. The van der Waals surface area contributed by atoms with Gasteiger partial charge in [-0.3, -0.25) is 9.36 Å². The summed E-state index contributed by atoms with van der Waals surface area (Å²) in [5, 5.41) is 0. The number of benzene rings is 1. The molecule has 1 heterocycles. The quantitative estimate of drug-likeness (QED) is 0.851. The van der Waals surface area contributed by atoms with E-state index >= 15 is 0 Å². The van der Waals surface area contributed by atoms with Crippen molar-refractivity contribution in [3.63, 3.8) is 0 Å². The predicted molar refractivity (Wildman–Crippen MR) is 70.1 cm³/mol. The molecule has 0 radical (unpaired) electrons. The number of rotatable bonds is 5. The minimum Gasteiger partial charge on any atom is -0.338 e. The Morgan fingerprint density at radius 3 is 2.62 bits per heavy atom. The molecule has 2 rings (SSSR count). The Bertz CT molecular complexity index is 610. The second-order valence-electron chi connectivity index (χ2n) is 4.58. The highest BCUT2D eigenvalue weighted by molar-refractivity contribution is 5.78. The first kappa shape index (κ1) is 15.1. The summed E-state index contributed by atoms with van der Waals surface area (Å²) < 4.78 is 38.8. The third kappa shape index (κ3) is 3.84. The highest BCUT2D eigenvalue weighted by atomic mass is 19.3. The SMILES string of the molecule is CN(Cc1nccn1C(F)F)C(=O)Cc1ccc(F)cc1. The van der Waals surface area contributed by atoms with Gasteiger partial charge in [-0.2, -0.15) is 8.78 Å². The molecule has 0 saturated heterocycles. The van der Waals surface area contributed by atoms with Gasteiger partial charge in [-0.25, -0.2) is 9.37 Å². The third-order valence-corrected chi connectivity index (χ3v) is 3.03. The van der Waals surface area contributed by atoms with Crippen LogP contribution in [0, 0.1) is 5.82 Å². The Morgan fingerprint density at radius 2 is 2.00 bits per heavy atom. The number of imidazole rings is 1. The highest BCUT2D eigenvalue weighted by Gasteiger charge is 2.16. The largest absolute Gasteiger partial charge is 0.338 e. The molecule has 112 valence electrons. The Labute approximate surface area is 119 Å². The minimum atomic E-state index is -2.69. The molecule has 0 aliphatic heterocycles. The van der Waals surface area contributed by atoms with Crippen LogP contribution in [0.4, 0.5) is 13.2 Å². The van der Waals surface area contributed by atoms with Gasteiger partial charge in [0.1, 0.15) is 11.6 Å². The molecule has 0 spiro atoms. The van der Waals surface area contributed by atoms with Gasteiger partial charge in [-0.05, 0) is 17.7 Å². The van der Waals surface area contributed by atoms with E-state index < -0.39 is 6.55 Å². The number of alkyl halides is 2. The van der Waals surface area contributed by atoms with Crippen molar-refractivity contribution in [1.29, 1.82) is 0 Å². The average molecular weight is 297 g/mol. The first-order chi connectivity index (χ1) is 9.97. The van der Waals surface area contributed by atoms with Gasteiger partial charge in [0.2, 0.25) is 5.91 Å². The lowest BCUT2D eigenvalue weighted by atomic mass is 10.1. The third-order valence-electron chi connectivity index (χ3n) is 3.03. The van der Waals surface area contributed by atoms with Crippen LogP contribution in [0.2, 0.25) is 0 Å². The smallest absolute Gasteiger partial charge is 0.319 e. The average Bonchev–Trinajstić information content (AvgIpc) is 2.89. The van der Waals surface area contributed by atoms with E-state index in [-0.39, 0.29) is 30.5 Å². The molecular weight excluding hydrogens is 283 g/mol. The molecule has 0 aliphatic carbocycles. The summed E-state index contributed by atoms with van der Waals surface area (Å²) >= 11 is 0. The number of halogens is 3. The van der Waals surface area contributed by atoms with Gasteiger partial charge in [0.05, 0.1) is 13.0 Å². The van der Waals surface area contributed by atoms with Gasteiger partial charge < -0.3 is 4.90 Å². The lowest BCUT2D eigenvalue weighted by Gasteiger charge is -2.17. The van der Waals surface area contributed by atoms with Crippen molar-refractivity contribution in [2.45, 2.75) is 19.5 Å². The first-order valence-corrected chi connectivity index (χ1v) is 6.25. The summed E-state index contributed by atoms with van der Waals surface area (Å²) in [5.41, 5.74) is 0.658. The number of likely N-dealkylation sites (N-methyl/N-ethyl adjacent to an activating group) is 1. The highest BCUT2D eigenvalue weighted by Crippen LogP contribution is 2.14. The van der Waals surface area contributed by atoms with E-state index in [1.54, 1.807) is 0 Å². The number of amides is 1. The van der Waals surface area contributed by atoms with Gasteiger partial charge in [-0.1, -0.05) is 12.1 Å². The van der Waals surface area contributed by atoms with E-state index in [1.807, 2.05) is 0 Å². The van der Waals surface area contributed by atoms with Gasteiger partial charge >= 0.3 is 6.55 Å². The molecular formula is C14H14F3N3O. The molecule has 0 saturated carbocycles. The fourth-order valence-electron chi connectivity index (χ4n) is 1.86. The maximum absolute atomic E-state index is 12.8. The molecule has 1 aromatic heterocycles. The second kappa shape index (κ2) is 6.43. The van der Waals surface area contributed by atoms with Crippen molar-refractivity contribution in [3.8, 4) is 0 Å². The summed E-state index contributed by atoms with van der Waals surface area (Å²) in [5.74, 6) is -0.524. The summed E-state index contributed by atoms with van der Waals surface area (Å²) in [6.07, 6.45) is 2.50. The fraction of sp³-hybridized carbons (Fsp3) is 0.286. The Morgan fingerprint density at radius 1 is 1.33 bits per heavy atom. The molecule has 1 amide bonds. The summed E-state index contributed by atoms with van der Waals surface area (Å²) in [7, 11) is 1.51. The van der Waals surface area contributed by atoms with Crippen LogP contribution in [0.25, 0.3) is 0 Å². The van der Waals surface area contributed by atoms with Crippen molar-refractivity contribution in [2.24, 2.45) is 0 Å². The molecule has 0 atom stereocenters. The Kier molecular flexibility index (Phi) is 4.62. The summed E-state index contributed by atoms with van der Waals surface area (Å²) in [6, 6.07) is 5.57. The first-order valence-electron chi connectivity index (χ1n) is 6.25. The molecule has 1 aromatic carbocycles. The number of hydrogen-bond donors (Lipinski definition) is 0. The Balaban J connectivity index is 1.99. The number of carbonyl (C=O) groups is 1. The number of hydrogen-bond acceptors (Lipinski definition) is 2. The van der Waals surface area contributed by atoms with Gasteiger partial charge in [0.15, 0.2) is 0 Å². The maximum Gasteiger partial charge on any atom is 0.319 e. The maximum atomic E-state index is 12.8. The Hall–Kier alpha value is -2.31. The van der Waals surface area contributed by atoms with Crippen LogP contribution < -0.4 is 0 Å². The molecule has 2 aromatic rings. The van der Waals surface area contributed by atoms with E-state index in [1.165, 1.54) is 42.4 Å². The number of nitrogens with zero attached hydrogens (tertiary/aromatic N) is 3. The summed E-state index contributed by atoms with van der Waals surface area (Å²) in [6.45, 7) is -2.71. The lowest BCUT2D eigenvalue weighted by Crippen LogP contribution is -2.29. The van der Waals surface area contributed by atoms with Crippen LogP contribution in [0.15, 0.2) is 36.7 Å². The molecule has 0 unspecified atom stereocenters. The van der Waals surface area contributed by atoms with Gasteiger partial charge in [0, 0.05) is 19.4 Å². The molecule has 0 aliphatic rings. The normalized spacial score (nSPS) is 10.9. The van der Waals surface area contributed by atoms with Crippen LogP contribution in [-0.4, -0.2) is 27.4 Å². The van der Waals surface area contributed by atoms with E-state index in [4.69, 9.17) is 0 Å². The van der Waals surface area contributed by atoms with Crippen LogP contribution in [0.5, 0.6) is 0 Å². The van der Waals surface area contributed by atoms with E-state index in [2.05, 4.69) is 4.98 Å². The van der Waals surface area contributed by atoms with Gasteiger partial charge in [-0.15, -0.1) is 0 Å². The second-order valence-corrected chi connectivity index (χ2v) is 4.58. The lowest BCUT2D eigenvalue weighted by molar-refractivity contribution is -0.129. The minimum absolute atomic E-state index is 0.0165. The zero-order valence-electron chi connectivity index (χ0n) is 11.3. The van der Waals surface area contributed by atoms with Crippen LogP contribution in [0.3, 0.4) is 0 Å². The van der Waals surface area contributed by atoms with Crippen molar-refractivity contribution < 1.29 is 18.0 Å². The van der Waals surface area contributed by atoms with Crippen molar-refractivity contribution in [2.75, 3.05) is 7.05 Å². The molecule has 0 bridgehead atoms. The molecule has 0 fully saturated rings. The predicted octanol–water partition coefficient (Wildman–Crippen LogP) is 2.62. The molecule has 0 N–H and O–H groups in total. The zero-order valence-corrected chi connectivity index (χ0v) is 11.3. The molecule has 7 heteroatoms. The zero-order chi connectivity index (χ0) is 15.4. The van der Waals surface area contributed by atoms with E-state index in [9.17, 15) is 18.0 Å². The van der Waals surface area contributed by atoms with Crippen molar-refractivity contribution in [3.05, 3.63) is 53.9 Å². The van der Waals surface area contributed by atoms with E-state index in [0.717, 1.165) is 6.20 Å². The number of aromatic nitrogens is 2. The monoisotopic (exact) mass is 297 g/mol. The van der Waals surface area contributed by atoms with Gasteiger partial charge in [0.25, 0.3) is 0 Å². The molecule has 4 nitrogen and oxygen atoms in total. The van der Waals surface area contributed by atoms with Crippen molar-refractivity contribution >= 4 is 5.91 Å². The topological polar surface area (TPSA) is 38.1 Å². The van der Waals surface area contributed by atoms with Crippen LogP contribution >= 0.6 is 0 Å². The fourth-order valence-corrected chi connectivity index (χ4v) is 1.86. The standard InChI is InChI=1S/C14H14F3N3O/c1-19(9-12-18-6-7-20(12)14(16)17)13(21)8-10-2-4-11(15)5-3-10/h2-7,14H,8-9H2,1H3. The summed E-state index contributed by atoms with van der Waals surface area (Å²) in [4.78, 5) is 17.1. The van der Waals surface area contributed by atoms with E-state index in [0.29, 0.717) is 10.1 Å². The van der Waals surface area contributed by atoms with Crippen molar-refractivity contribution in [1.82, 2.24) is 14.5 Å². The van der Waals surface area contributed by atoms with Crippen LogP contribution in [-0.2, 0) is 17.8 Å². The number of carbonyl (C=O) groups excluding carboxylic acids is 1. The van der Waals surface area contributed by atoms with Crippen LogP contribution in [0.1, 0.15) is 17.9 Å².